The lowest BCUT2D eigenvalue weighted by atomic mass is 10.0. The minimum atomic E-state index is -0.834. The van der Waals surface area contributed by atoms with Gasteiger partial charge in [-0.05, 0) is 23.3 Å². The number of methoxy groups -OCH3 is 1. The van der Waals surface area contributed by atoms with Crippen LogP contribution in [0.3, 0.4) is 0 Å². The summed E-state index contributed by atoms with van der Waals surface area (Å²) in [7, 11) is 1.61. The second-order valence-corrected chi connectivity index (χ2v) is 3.97. The summed E-state index contributed by atoms with van der Waals surface area (Å²) in [6.45, 7) is 0. The predicted octanol–water partition coefficient (Wildman–Crippen LogP) is 2.99. The third-order valence-electron chi connectivity index (χ3n) is 2.70. The van der Waals surface area contributed by atoms with Gasteiger partial charge in [0.1, 0.15) is 5.75 Å². The van der Waals surface area contributed by atoms with Crippen LogP contribution in [0, 0.1) is 0 Å². The largest absolute Gasteiger partial charge is 0.496 e. The molecule has 3 heteroatoms. The van der Waals surface area contributed by atoms with Crippen molar-refractivity contribution in [3.63, 3.8) is 0 Å². The number of carboxylic acids is 1. The maximum absolute atomic E-state index is 10.7. The molecule has 0 fully saturated rings. The number of aliphatic carboxylic acids is 1. The standard InChI is InChI=1S/C15H14O3/c1-18-14-8-7-11(10-15(16)17)9-13(14)12-5-3-2-4-6-12/h2-9H,10H2,1H3,(H,16,17). The van der Waals surface area contributed by atoms with Crippen LogP contribution < -0.4 is 4.74 Å². The quantitative estimate of drug-likeness (QED) is 0.896. The maximum atomic E-state index is 10.7. The normalized spacial score (nSPS) is 10.1. The zero-order valence-electron chi connectivity index (χ0n) is 10.1. The van der Waals surface area contributed by atoms with Gasteiger partial charge in [-0.3, -0.25) is 4.79 Å². The smallest absolute Gasteiger partial charge is 0.307 e. The number of hydrogen-bond acceptors (Lipinski definition) is 2. The van der Waals surface area contributed by atoms with E-state index in [1.54, 1.807) is 19.2 Å². The van der Waals surface area contributed by atoms with Crippen molar-refractivity contribution in [1.82, 2.24) is 0 Å². The Morgan fingerprint density at radius 3 is 2.50 bits per heavy atom. The molecule has 0 heterocycles. The SMILES string of the molecule is COc1ccc(CC(=O)O)cc1-c1ccccc1. The predicted molar refractivity (Wildman–Crippen MR) is 69.8 cm³/mol. The van der Waals surface area contributed by atoms with Crippen LogP contribution in [0.5, 0.6) is 5.75 Å². The lowest BCUT2D eigenvalue weighted by molar-refractivity contribution is -0.136. The molecule has 0 spiro atoms. The molecular formula is C15H14O3. The lowest BCUT2D eigenvalue weighted by Gasteiger charge is -2.10. The van der Waals surface area contributed by atoms with Crippen LogP contribution >= 0.6 is 0 Å². The minimum Gasteiger partial charge on any atom is -0.496 e. The minimum absolute atomic E-state index is 0.0177. The molecule has 0 radical (unpaired) electrons. The summed E-state index contributed by atoms with van der Waals surface area (Å²) in [4.78, 5) is 10.7. The van der Waals surface area contributed by atoms with Crippen LogP contribution in [0.1, 0.15) is 5.56 Å². The van der Waals surface area contributed by atoms with E-state index in [9.17, 15) is 4.79 Å². The average molecular weight is 242 g/mol. The molecule has 92 valence electrons. The summed E-state index contributed by atoms with van der Waals surface area (Å²) < 4.78 is 5.31. The van der Waals surface area contributed by atoms with Crippen molar-refractivity contribution in [3.05, 3.63) is 54.1 Å². The number of carboxylic acid groups (broad SMARTS) is 1. The maximum Gasteiger partial charge on any atom is 0.307 e. The van der Waals surface area contributed by atoms with Crippen molar-refractivity contribution in [2.24, 2.45) is 0 Å². The second-order valence-electron chi connectivity index (χ2n) is 3.97. The Morgan fingerprint density at radius 1 is 1.17 bits per heavy atom. The first-order valence-corrected chi connectivity index (χ1v) is 5.65. The Hall–Kier alpha value is -2.29. The molecule has 0 saturated heterocycles. The molecule has 3 nitrogen and oxygen atoms in total. The van der Waals surface area contributed by atoms with Gasteiger partial charge in [0.05, 0.1) is 13.5 Å². The van der Waals surface area contributed by atoms with Gasteiger partial charge >= 0.3 is 5.97 Å². The molecule has 0 aliphatic heterocycles. The molecule has 0 unspecified atom stereocenters. The summed E-state index contributed by atoms with van der Waals surface area (Å²) in [6, 6.07) is 15.2. The van der Waals surface area contributed by atoms with Gasteiger partial charge in [-0.15, -0.1) is 0 Å². The van der Waals surface area contributed by atoms with Crippen molar-refractivity contribution < 1.29 is 14.6 Å². The number of carbonyl (C=O) groups is 1. The van der Waals surface area contributed by atoms with E-state index in [4.69, 9.17) is 9.84 Å². The Labute approximate surface area is 106 Å². The third kappa shape index (κ3) is 2.69. The lowest BCUT2D eigenvalue weighted by Crippen LogP contribution is -2.00. The molecule has 0 atom stereocenters. The first kappa shape index (κ1) is 12.2. The summed E-state index contributed by atoms with van der Waals surface area (Å²) in [5, 5.41) is 8.82. The molecule has 0 aliphatic carbocycles. The molecule has 2 rings (SSSR count). The Bertz CT molecular complexity index is 547. The van der Waals surface area contributed by atoms with E-state index in [0.29, 0.717) is 0 Å². The van der Waals surface area contributed by atoms with Crippen LogP contribution in [0.2, 0.25) is 0 Å². The highest BCUT2D eigenvalue weighted by molar-refractivity contribution is 5.75. The molecule has 0 amide bonds. The van der Waals surface area contributed by atoms with E-state index in [2.05, 4.69) is 0 Å². The van der Waals surface area contributed by atoms with Crippen molar-refractivity contribution in [2.75, 3.05) is 7.11 Å². The highest BCUT2D eigenvalue weighted by Gasteiger charge is 2.08. The first-order chi connectivity index (χ1) is 8.70. The Balaban J connectivity index is 2.46. The molecule has 0 bridgehead atoms. The first-order valence-electron chi connectivity index (χ1n) is 5.65. The van der Waals surface area contributed by atoms with Gasteiger partial charge in [0.25, 0.3) is 0 Å². The summed E-state index contributed by atoms with van der Waals surface area (Å²) in [6.07, 6.45) is 0.0177. The highest BCUT2D eigenvalue weighted by Crippen LogP contribution is 2.30. The molecule has 1 N–H and O–H groups in total. The summed E-state index contributed by atoms with van der Waals surface area (Å²) in [5.41, 5.74) is 2.69. The number of rotatable bonds is 4. The topological polar surface area (TPSA) is 46.5 Å². The molecule has 2 aromatic rings. The molecule has 0 aromatic heterocycles. The van der Waals surface area contributed by atoms with E-state index in [0.717, 1.165) is 22.4 Å². The molecular weight excluding hydrogens is 228 g/mol. The van der Waals surface area contributed by atoms with E-state index >= 15 is 0 Å². The fourth-order valence-corrected chi connectivity index (χ4v) is 1.88. The van der Waals surface area contributed by atoms with Crippen molar-refractivity contribution >= 4 is 5.97 Å². The Morgan fingerprint density at radius 2 is 1.89 bits per heavy atom. The molecule has 2 aromatic carbocycles. The fraction of sp³-hybridized carbons (Fsp3) is 0.133. The van der Waals surface area contributed by atoms with Crippen LogP contribution in [-0.4, -0.2) is 18.2 Å². The highest BCUT2D eigenvalue weighted by atomic mass is 16.5. The molecule has 0 aliphatic rings. The van der Waals surface area contributed by atoms with Crippen molar-refractivity contribution in [3.8, 4) is 16.9 Å². The van der Waals surface area contributed by atoms with Crippen LogP contribution in [0.4, 0.5) is 0 Å². The van der Waals surface area contributed by atoms with Gasteiger partial charge in [0, 0.05) is 5.56 Å². The van der Waals surface area contributed by atoms with Crippen molar-refractivity contribution in [1.29, 1.82) is 0 Å². The van der Waals surface area contributed by atoms with Gasteiger partial charge in [-0.25, -0.2) is 0 Å². The van der Waals surface area contributed by atoms with E-state index in [1.165, 1.54) is 0 Å². The van der Waals surface area contributed by atoms with Crippen molar-refractivity contribution in [2.45, 2.75) is 6.42 Å². The second kappa shape index (κ2) is 5.36. The number of hydrogen-bond donors (Lipinski definition) is 1. The van der Waals surface area contributed by atoms with Crippen LogP contribution in [0.25, 0.3) is 11.1 Å². The van der Waals surface area contributed by atoms with E-state index in [1.807, 2.05) is 36.4 Å². The van der Waals surface area contributed by atoms with Gasteiger partial charge in [0.15, 0.2) is 0 Å². The monoisotopic (exact) mass is 242 g/mol. The Kier molecular flexibility index (Phi) is 3.63. The average Bonchev–Trinajstić information content (AvgIpc) is 2.39. The summed E-state index contributed by atoms with van der Waals surface area (Å²) >= 11 is 0. The molecule has 0 saturated carbocycles. The van der Waals surface area contributed by atoms with Crippen LogP contribution in [0.15, 0.2) is 48.5 Å². The third-order valence-corrected chi connectivity index (χ3v) is 2.70. The van der Waals surface area contributed by atoms with Gasteiger partial charge in [-0.2, -0.15) is 0 Å². The number of ether oxygens (including phenoxy) is 1. The zero-order chi connectivity index (χ0) is 13.0. The van der Waals surface area contributed by atoms with Gasteiger partial charge in [0.2, 0.25) is 0 Å². The number of benzene rings is 2. The van der Waals surface area contributed by atoms with Gasteiger partial charge in [-0.1, -0.05) is 36.4 Å². The zero-order valence-corrected chi connectivity index (χ0v) is 10.1. The van der Waals surface area contributed by atoms with E-state index in [-0.39, 0.29) is 6.42 Å². The summed E-state index contributed by atoms with van der Waals surface area (Å²) in [5.74, 6) is -0.0884. The fourth-order valence-electron chi connectivity index (χ4n) is 1.88. The van der Waals surface area contributed by atoms with E-state index < -0.39 is 5.97 Å². The van der Waals surface area contributed by atoms with Crippen LogP contribution in [-0.2, 0) is 11.2 Å². The molecule has 18 heavy (non-hydrogen) atoms. The van der Waals surface area contributed by atoms with Gasteiger partial charge < -0.3 is 9.84 Å².